The van der Waals surface area contributed by atoms with Crippen molar-refractivity contribution in [1.29, 1.82) is 0 Å². The van der Waals surface area contributed by atoms with Gasteiger partial charge in [0.1, 0.15) is 0 Å². The van der Waals surface area contributed by atoms with Gasteiger partial charge in [-0.1, -0.05) is 96.2 Å². The molecular formula is C29H26ClN5OS. The van der Waals surface area contributed by atoms with E-state index in [0.29, 0.717) is 23.3 Å². The Balaban J connectivity index is 1.29. The molecular weight excluding hydrogens is 502 g/mol. The lowest BCUT2D eigenvalue weighted by Crippen LogP contribution is -2.16. The van der Waals surface area contributed by atoms with Crippen LogP contribution in [-0.2, 0) is 24.3 Å². The number of carbonyl (C=O) groups is 1. The number of fused-ring (bicyclic) bond motifs is 1. The fraction of sp³-hybridized carbons (Fsp3) is 0.138. The molecule has 5 aromatic rings. The van der Waals surface area contributed by atoms with Crippen LogP contribution in [0.15, 0.2) is 102 Å². The van der Waals surface area contributed by atoms with Crippen LogP contribution < -0.4 is 10.6 Å². The van der Waals surface area contributed by atoms with Gasteiger partial charge in [-0.05, 0) is 41.6 Å². The monoisotopic (exact) mass is 527 g/mol. The maximum absolute atomic E-state index is 12.9. The molecule has 0 saturated heterocycles. The number of anilines is 2. The predicted octanol–water partition coefficient (Wildman–Crippen LogP) is 6.67. The SMILES string of the molecule is O=C(CSc1nnc(CNc2cccc(Cl)c2)n1CCc1ccccc1)Nc1cccc2ccccc12. The number of thioether (sulfide) groups is 1. The van der Waals surface area contributed by atoms with Crippen molar-refractivity contribution in [3.8, 4) is 0 Å². The second-order valence-corrected chi connectivity index (χ2v) is 9.89. The van der Waals surface area contributed by atoms with Gasteiger partial charge in [-0.25, -0.2) is 0 Å². The molecule has 186 valence electrons. The number of nitrogens with one attached hydrogen (secondary N) is 2. The molecule has 0 unspecified atom stereocenters. The second-order valence-electron chi connectivity index (χ2n) is 8.51. The summed E-state index contributed by atoms with van der Waals surface area (Å²) < 4.78 is 2.08. The Morgan fingerprint density at radius 1 is 0.892 bits per heavy atom. The van der Waals surface area contributed by atoms with Crippen LogP contribution >= 0.6 is 23.4 Å². The molecule has 1 aromatic heterocycles. The topological polar surface area (TPSA) is 71.8 Å². The Morgan fingerprint density at radius 3 is 2.54 bits per heavy atom. The first-order chi connectivity index (χ1) is 18.2. The minimum Gasteiger partial charge on any atom is -0.378 e. The van der Waals surface area contributed by atoms with Crippen molar-refractivity contribution in [2.45, 2.75) is 24.7 Å². The van der Waals surface area contributed by atoms with E-state index in [1.54, 1.807) is 0 Å². The fourth-order valence-corrected chi connectivity index (χ4v) is 5.07. The molecule has 1 heterocycles. The van der Waals surface area contributed by atoms with Gasteiger partial charge >= 0.3 is 0 Å². The van der Waals surface area contributed by atoms with Gasteiger partial charge in [0, 0.05) is 28.3 Å². The van der Waals surface area contributed by atoms with Gasteiger partial charge in [0.25, 0.3) is 0 Å². The minimum atomic E-state index is -0.0856. The zero-order valence-corrected chi connectivity index (χ0v) is 21.7. The second kappa shape index (κ2) is 12.0. The van der Waals surface area contributed by atoms with Crippen molar-refractivity contribution in [1.82, 2.24) is 14.8 Å². The molecule has 0 bridgehead atoms. The number of benzene rings is 4. The first-order valence-corrected chi connectivity index (χ1v) is 13.4. The quantitative estimate of drug-likeness (QED) is 0.198. The zero-order valence-electron chi connectivity index (χ0n) is 20.1. The normalized spacial score (nSPS) is 10.9. The van der Waals surface area contributed by atoms with E-state index in [9.17, 15) is 4.79 Å². The lowest BCUT2D eigenvalue weighted by Gasteiger charge is -2.12. The first kappa shape index (κ1) is 24.9. The van der Waals surface area contributed by atoms with Crippen LogP contribution in [0, 0.1) is 0 Å². The van der Waals surface area contributed by atoms with Gasteiger partial charge in [-0.15, -0.1) is 10.2 Å². The number of carbonyl (C=O) groups excluding carboxylic acids is 1. The number of hydrogen-bond donors (Lipinski definition) is 2. The Labute approximate surface area is 225 Å². The Bertz CT molecular complexity index is 1500. The van der Waals surface area contributed by atoms with E-state index < -0.39 is 0 Å². The van der Waals surface area contributed by atoms with Gasteiger partial charge in [0.05, 0.1) is 12.3 Å². The number of aromatic nitrogens is 3. The molecule has 37 heavy (non-hydrogen) atoms. The minimum absolute atomic E-state index is 0.0856. The van der Waals surface area contributed by atoms with Gasteiger partial charge < -0.3 is 15.2 Å². The van der Waals surface area contributed by atoms with E-state index >= 15 is 0 Å². The molecule has 0 aliphatic rings. The number of aryl methyl sites for hydroxylation is 1. The van der Waals surface area contributed by atoms with Crippen molar-refractivity contribution in [3.05, 3.63) is 113 Å². The van der Waals surface area contributed by atoms with Crippen LogP contribution in [0.5, 0.6) is 0 Å². The third-order valence-electron chi connectivity index (χ3n) is 5.93. The summed E-state index contributed by atoms with van der Waals surface area (Å²) in [6.45, 7) is 1.20. The highest BCUT2D eigenvalue weighted by Crippen LogP contribution is 2.24. The molecule has 4 aromatic carbocycles. The third kappa shape index (κ3) is 6.50. The molecule has 2 N–H and O–H groups in total. The van der Waals surface area contributed by atoms with Crippen molar-refractivity contribution in [2.75, 3.05) is 16.4 Å². The van der Waals surface area contributed by atoms with E-state index in [4.69, 9.17) is 11.6 Å². The molecule has 0 atom stereocenters. The molecule has 6 nitrogen and oxygen atoms in total. The molecule has 5 rings (SSSR count). The standard InChI is InChI=1S/C29H26ClN5OS/c30-23-12-7-13-24(18-23)31-19-27-33-34-29(35(27)17-16-21-8-2-1-3-9-21)37-20-28(36)32-26-15-6-11-22-10-4-5-14-25(22)26/h1-15,18,31H,16-17,19-20H2,(H,32,36). The lowest BCUT2D eigenvalue weighted by molar-refractivity contribution is -0.113. The van der Waals surface area contributed by atoms with Crippen molar-refractivity contribution >= 4 is 51.4 Å². The van der Waals surface area contributed by atoms with Gasteiger partial charge in [-0.2, -0.15) is 0 Å². The van der Waals surface area contributed by atoms with E-state index in [1.807, 2.05) is 84.9 Å². The van der Waals surface area contributed by atoms with Crippen LogP contribution in [0.2, 0.25) is 5.02 Å². The molecule has 0 aliphatic heterocycles. The average Bonchev–Trinajstić information content (AvgIpc) is 3.32. The van der Waals surface area contributed by atoms with Crippen LogP contribution in [0.25, 0.3) is 10.8 Å². The molecule has 0 radical (unpaired) electrons. The average molecular weight is 528 g/mol. The number of amides is 1. The fourth-order valence-electron chi connectivity index (χ4n) is 4.10. The number of hydrogen-bond acceptors (Lipinski definition) is 5. The molecule has 0 fully saturated rings. The van der Waals surface area contributed by atoms with Crippen LogP contribution in [0.3, 0.4) is 0 Å². The molecule has 0 aliphatic carbocycles. The summed E-state index contributed by atoms with van der Waals surface area (Å²) in [5, 5.41) is 18.8. The Morgan fingerprint density at radius 2 is 1.68 bits per heavy atom. The summed E-state index contributed by atoms with van der Waals surface area (Å²) in [7, 11) is 0. The lowest BCUT2D eigenvalue weighted by atomic mass is 10.1. The van der Waals surface area contributed by atoms with Crippen LogP contribution in [-0.4, -0.2) is 26.4 Å². The van der Waals surface area contributed by atoms with E-state index in [-0.39, 0.29) is 11.7 Å². The smallest absolute Gasteiger partial charge is 0.234 e. The summed E-state index contributed by atoms with van der Waals surface area (Å²) in [5.74, 6) is 0.944. The van der Waals surface area contributed by atoms with E-state index in [2.05, 4.69) is 37.5 Å². The first-order valence-electron chi connectivity index (χ1n) is 12.0. The largest absolute Gasteiger partial charge is 0.378 e. The number of nitrogens with zero attached hydrogens (tertiary/aromatic N) is 3. The number of halogens is 1. The predicted molar refractivity (Wildman–Crippen MR) is 152 cm³/mol. The van der Waals surface area contributed by atoms with Gasteiger partial charge in [0.2, 0.25) is 5.91 Å². The summed E-state index contributed by atoms with van der Waals surface area (Å²) in [5.41, 5.74) is 2.95. The summed E-state index contributed by atoms with van der Waals surface area (Å²) in [4.78, 5) is 12.9. The third-order valence-corrected chi connectivity index (χ3v) is 7.13. The van der Waals surface area contributed by atoms with E-state index in [1.165, 1.54) is 17.3 Å². The highest BCUT2D eigenvalue weighted by atomic mass is 35.5. The molecule has 0 spiro atoms. The highest BCUT2D eigenvalue weighted by molar-refractivity contribution is 7.99. The van der Waals surface area contributed by atoms with Crippen LogP contribution in [0.4, 0.5) is 11.4 Å². The van der Waals surface area contributed by atoms with Crippen molar-refractivity contribution in [2.24, 2.45) is 0 Å². The Hall–Kier alpha value is -3.81. The number of rotatable bonds is 10. The molecule has 8 heteroatoms. The van der Waals surface area contributed by atoms with Crippen molar-refractivity contribution in [3.63, 3.8) is 0 Å². The summed E-state index contributed by atoms with van der Waals surface area (Å²) in [6.07, 6.45) is 0.832. The van der Waals surface area contributed by atoms with Crippen LogP contribution in [0.1, 0.15) is 11.4 Å². The maximum Gasteiger partial charge on any atom is 0.234 e. The Kier molecular flexibility index (Phi) is 8.03. The molecule has 1 amide bonds. The van der Waals surface area contributed by atoms with Crippen molar-refractivity contribution < 1.29 is 4.79 Å². The molecule has 0 saturated carbocycles. The zero-order chi connectivity index (χ0) is 25.5. The summed E-state index contributed by atoms with van der Waals surface area (Å²) >= 11 is 7.51. The van der Waals surface area contributed by atoms with Gasteiger partial charge in [-0.3, -0.25) is 4.79 Å². The van der Waals surface area contributed by atoms with E-state index in [0.717, 1.165) is 34.4 Å². The summed E-state index contributed by atoms with van der Waals surface area (Å²) in [6, 6.07) is 31.8. The maximum atomic E-state index is 12.9. The highest BCUT2D eigenvalue weighted by Gasteiger charge is 2.15. The van der Waals surface area contributed by atoms with Gasteiger partial charge in [0.15, 0.2) is 11.0 Å².